The summed E-state index contributed by atoms with van der Waals surface area (Å²) in [5.41, 5.74) is 1.87. The standard InChI is InChI=1S/C19H18N2O4/c1-24-19(23)21-17(18(22)25-14-7-3-2-4-8-14)11-13-12-20-16-10-6-5-9-15(13)16/h2-10,12,17,20H,11H2,1H3,(H,21,23)/t17-/m1/s1. The molecule has 0 radical (unpaired) electrons. The van der Waals surface area contributed by atoms with E-state index in [1.165, 1.54) is 7.11 Å². The Kier molecular flexibility index (Phi) is 4.99. The highest BCUT2D eigenvalue weighted by Gasteiger charge is 2.25. The van der Waals surface area contributed by atoms with E-state index in [-0.39, 0.29) is 6.42 Å². The molecule has 0 aliphatic rings. The smallest absolute Gasteiger partial charge is 0.407 e. The van der Waals surface area contributed by atoms with E-state index in [1.54, 1.807) is 24.3 Å². The van der Waals surface area contributed by atoms with E-state index in [0.29, 0.717) is 5.75 Å². The molecule has 0 unspecified atom stereocenters. The zero-order valence-corrected chi connectivity index (χ0v) is 13.7. The first-order valence-corrected chi connectivity index (χ1v) is 7.83. The van der Waals surface area contributed by atoms with Crippen molar-refractivity contribution in [2.45, 2.75) is 12.5 Å². The molecule has 0 spiro atoms. The summed E-state index contributed by atoms with van der Waals surface area (Å²) in [5.74, 6) is -0.134. The first kappa shape index (κ1) is 16.6. The van der Waals surface area contributed by atoms with Crippen molar-refractivity contribution in [2.75, 3.05) is 7.11 Å². The topological polar surface area (TPSA) is 80.4 Å². The average Bonchev–Trinajstić information content (AvgIpc) is 3.05. The summed E-state index contributed by atoms with van der Waals surface area (Å²) < 4.78 is 9.99. The summed E-state index contributed by atoms with van der Waals surface area (Å²) in [7, 11) is 1.25. The Balaban J connectivity index is 1.81. The molecule has 1 heterocycles. The molecule has 3 rings (SSSR count). The van der Waals surface area contributed by atoms with Gasteiger partial charge in [-0.25, -0.2) is 9.59 Å². The summed E-state index contributed by atoms with van der Waals surface area (Å²) in [5, 5.41) is 3.53. The number of methoxy groups -OCH3 is 1. The van der Waals surface area contributed by atoms with Crippen LogP contribution < -0.4 is 10.1 Å². The fourth-order valence-electron chi connectivity index (χ4n) is 2.59. The lowest BCUT2D eigenvalue weighted by Crippen LogP contribution is -2.44. The van der Waals surface area contributed by atoms with Crippen LogP contribution in [0, 0.1) is 0 Å². The second kappa shape index (κ2) is 7.53. The summed E-state index contributed by atoms with van der Waals surface area (Å²) in [4.78, 5) is 27.3. The Morgan fingerprint density at radius 1 is 1.08 bits per heavy atom. The second-order valence-corrected chi connectivity index (χ2v) is 5.49. The normalized spacial score (nSPS) is 11.7. The third kappa shape index (κ3) is 3.98. The van der Waals surface area contributed by atoms with Gasteiger partial charge < -0.3 is 19.8 Å². The van der Waals surface area contributed by atoms with Crippen molar-refractivity contribution in [3.8, 4) is 5.75 Å². The number of fused-ring (bicyclic) bond motifs is 1. The fourth-order valence-corrected chi connectivity index (χ4v) is 2.59. The van der Waals surface area contributed by atoms with Gasteiger partial charge in [-0.05, 0) is 23.8 Å². The summed E-state index contributed by atoms with van der Waals surface area (Å²) >= 11 is 0. The van der Waals surface area contributed by atoms with E-state index in [0.717, 1.165) is 16.5 Å². The van der Waals surface area contributed by atoms with Gasteiger partial charge in [0, 0.05) is 23.5 Å². The number of carbonyl (C=O) groups is 2. The molecule has 1 amide bonds. The van der Waals surface area contributed by atoms with Crippen molar-refractivity contribution < 1.29 is 19.1 Å². The molecule has 6 heteroatoms. The number of aromatic nitrogens is 1. The molecular weight excluding hydrogens is 320 g/mol. The number of rotatable bonds is 5. The lowest BCUT2D eigenvalue weighted by atomic mass is 10.1. The lowest BCUT2D eigenvalue weighted by Gasteiger charge is -2.16. The quantitative estimate of drug-likeness (QED) is 0.553. The van der Waals surface area contributed by atoms with Crippen LogP contribution in [0.1, 0.15) is 5.56 Å². The largest absolute Gasteiger partial charge is 0.453 e. The number of esters is 1. The number of amides is 1. The molecule has 0 aliphatic carbocycles. The van der Waals surface area contributed by atoms with Crippen molar-refractivity contribution in [1.82, 2.24) is 10.3 Å². The van der Waals surface area contributed by atoms with Crippen LogP contribution in [0.25, 0.3) is 10.9 Å². The number of aromatic amines is 1. The Labute approximate surface area is 144 Å². The minimum atomic E-state index is -0.869. The van der Waals surface area contributed by atoms with Crippen LogP contribution in [0.2, 0.25) is 0 Å². The predicted octanol–water partition coefficient (Wildman–Crippen LogP) is 3.04. The van der Waals surface area contributed by atoms with Crippen molar-refractivity contribution in [1.29, 1.82) is 0 Å². The number of hydrogen-bond donors (Lipinski definition) is 2. The van der Waals surface area contributed by atoms with E-state index in [2.05, 4.69) is 15.0 Å². The summed E-state index contributed by atoms with van der Waals surface area (Å²) in [6.07, 6.45) is 1.42. The van der Waals surface area contributed by atoms with Crippen LogP contribution >= 0.6 is 0 Å². The van der Waals surface area contributed by atoms with Gasteiger partial charge >= 0.3 is 12.1 Å². The number of para-hydroxylation sites is 2. The highest BCUT2D eigenvalue weighted by atomic mass is 16.5. The number of ether oxygens (including phenoxy) is 2. The van der Waals surface area contributed by atoms with Crippen LogP contribution in [0.15, 0.2) is 60.8 Å². The minimum absolute atomic E-state index is 0.283. The molecular formula is C19H18N2O4. The van der Waals surface area contributed by atoms with E-state index in [9.17, 15) is 9.59 Å². The van der Waals surface area contributed by atoms with Crippen molar-refractivity contribution in [3.63, 3.8) is 0 Å². The number of benzene rings is 2. The van der Waals surface area contributed by atoms with Gasteiger partial charge in [0.2, 0.25) is 0 Å². The molecule has 2 aromatic carbocycles. The van der Waals surface area contributed by atoms with Crippen LogP contribution in [-0.2, 0) is 16.0 Å². The molecule has 0 aliphatic heterocycles. The Morgan fingerprint density at radius 3 is 2.56 bits per heavy atom. The molecule has 0 saturated heterocycles. The second-order valence-electron chi connectivity index (χ2n) is 5.49. The summed E-state index contributed by atoms with van der Waals surface area (Å²) in [6.45, 7) is 0. The minimum Gasteiger partial charge on any atom is -0.453 e. The van der Waals surface area contributed by atoms with Crippen molar-refractivity contribution >= 4 is 23.0 Å². The Hall–Kier alpha value is -3.28. The van der Waals surface area contributed by atoms with Gasteiger partial charge in [0.15, 0.2) is 0 Å². The van der Waals surface area contributed by atoms with E-state index >= 15 is 0 Å². The Morgan fingerprint density at radius 2 is 1.80 bits per heavy atom. The van der Waals surface area contributed by atoms with Crippen LogP contribution in [0.3, 0.4) is 0 Å². The first-order valence-electron chi connectivity index (χ1n) is 7.83. The van der Waals surface area contributed by atoms with Crippen molar-refractivity contribution in [2.24, 2.45) is 0 Å². The molecule has 6 nitrogen and oxygen atoms in total. The van der Waals surface area contributed by atoms with Crippen molar-refractivity contribution in [3.05, 3.63) is 66.4 Å². The third-order valence-electron chi connectivity index (χ3n) is 3.82. The first-order chi connectivity index (χ1) is 12.2. The molecule has 128 valence electrons. The van der Waals surface area contributed by atoms with Gasteiger partial charge in [-0.3, -0.25) is 0 Å². The van der Waals surface area contributed by atoms with E-state index < -0.39 is 18.1 Å². The maximum atomic E-state index is 12.5. The number of hydrogen-bond acceptors (Lipinski definition) is 4. The van der Waals surface area contributed by atoms with E-state index in [1.807, 2.05) is 36.5 Å². The number of carbonyl (C=O) groups excluding carboxylic acids is 2. The SMILES string of the molecule is COC(=O)N[C@H](Cc1c[nH]c2ccccc12)C(=O)Oc1ccccc1. The maximum absolute atomic E-state index is 12.5. The van der Waals surface area contributed by atoms with Gasteiger partial charge in [0.1, 0.15) is 11.8 Å². The predicted molar refractivity (Wildman–Crippen MR) is 93.4 cm³/mol. The molecule has 2 N–H and O–H groups in total. The highest BCUT2D eigenvalue weighted by molar-refractivity contribution is 5.86. The van der Waals surface area contributed by atoms with Gasteiger partial charge in [-0.15, -0.1) is 0 Å². The molecule has 0 fully saturated rings. The number of H-pyrrole nitrogens is 1. The number of alkyl carbamates (subject to hydrolysis) is 1. The van der Waals surface area contributed by atoms with Crippen LogP contribution in [0.4, 0.5) is 4.79 Å². The van der Waals surface area contributed by atoms with Gasteiger partial charge in [0.25, 0.3) is 0 Å². The summed E-state index contributed by atoms with van der Waals surface area (Å²) in [6, 6.07) is 15.6. The monoisotopic (exact) mass is 338 g/mol. The van der Waals surface area contributed by atoms with Crippen LogP contribution in [-0.4, -0.2) is 30.2 Å². The fraction of sp³-hybridized carbons (Fsp3) is 0.158. The molecule has 1 aromatic heterocycles. The van der Waals surface area contributed by atoms with Gasteiger partial charge in [-0.1, -0.05) is 36.4 Å². The average molecular weight is 338 g/mol. The maximum Gasteiger partial charge on any atom is 0.407 e. The van der Waals surface area contributed by atoms with Crippen LogP contribution in [0.5, 0.6) is 5.75 Å². The number of nitrogens with one attached hydrogen (secondary N) is 2. The zero-order chi connectivity index (χ0) is 17.6. The van der Waals surface area contributed by atoms with Gasteiger partial charge in [0.05, 0.1) is 7.11 Å². The van der Waals surface area contributed by atoms with E-state index in [4.69, 9.17) is 4.74 Å². The Bertz CT molecular complexity index is 873. The molecule has 0 bridgehead atoms. The van der Waals surface area contributed by atoms with Gasteiger partial charge in [-0.2, -0.15) is 0 Å². The molecule has 3 aromatic rings. The molecule has 25 heavy (non-hydrogen) atoms. The molecule has 0 saturated carbocycles. The molecule has 1 atom stereocenters. The zero-order valence-electron chi connectivity index (χ0n) is 13.7. The lowest BCUT2D eigenvalue weighted by molar-refractivity contribution is -0.136. The third-order valence-corrected chi connectivity index (χ3v) is 3.82. The highest BCUT2D eigenvalue weighted by Crippen LogP contribution is 2.20.